The first-order valence-electron chi connectivity index (χ1n) is 6.30. The number of hydrogen-bond acceptors (Lipinski definition) is 6. The second kappa shape index (κ2) is 6.77. The van der Waals surface area contributed by atoms with Crippen LogP contribution in [0, 0.1) is 0 Å². The molecule has 0 unspecified atom stereocenters. The largest absolute Gasteiger partial charge is 0.493 e. The number of pyridine rings is 2. The zero-order valence-electron chi connectivity index (χ0n) is 12.5. The van der Waals surface area contributed by atoms with E-state index in [9.17, 15) is 8.42 Å². The highest BCUT2D eigenvalue weighted by atomic mass is 35.5. The van der Waals surface area contributed by atoms with Crippen molar-refractivity contribution in [2.75, 3.05) is 30.8 Å². The summed E-state index contributed by atoms with van der Waals surface area (Å²) in [6, 6.07) is 2.77. The van der Waals surface area contributed by atoms with E-state index in [-0.39, 0.29) is 21.5 Å². The summed E-state index contributed by atoms with van der Waals surface area (Å²) < 4.78 is 32.3. The van der Waals surface area contributed by atoms with Crippen LogP contribution in [0.15, 0.2) is 29.4 Å². The summed E-state index contributed by atoms with van der Waals surface area (Å²) in [5, 5.41) is 0.541. The number of methoxy groups -OCH3 is 1. The SMILES string of the molecule is COc1cc(Cl)cnc1NS(=O)(=O)c1cnc(N(C)C)c(Cl)c1. The third-order valence-corrected chi connectivity index (χ3v) is 4.59. The van der Waals surface area contributed by atoms with Gasteiger partial charge in [-0.3, -0.25) is 4.72 Å². The van der Waals surface area contributed by atoms with Gasteiger partial charge in [0.1, 0.15) is 10.7 Å². The summed E-state index contributed by atoms with van der Waals surface area (Å²) in [4.78, 5) is 9.55. The Morgan fingerprint density at radius 3 is 2.43 bits per heavy atom. The topological polar surface area (TPSA) is 84.4 Å². The van der Waals surface area contributed by atoms with Crippen molar-refractivity contribution in [1.29, 1.82) is 0 Å². The molecule has 0 bridgehead atoms. The van der Waals surface area contributed by atoms with Crippen molar-refractivity contribution in [3.8, 4) is 5.75 Å². The molecule has 124 valence electrons. The number of nitrogens with one attached hydrogen (secondary N) is 1. The molecule has 0 aromatic carbocycles. The van der Waals surface area contributed by atoms with Gasteiger partial charge in [0, 0.05) is 32.6 Å². The van der Waals surface area contributed by atoms with Gasteiger partial charge in [-0.2, -0.15) is 0 Å². The van der Waals surface area contributed by atoms with Crippen molar-refractivity contribution >= 4 is 44.9 Å². The Kier molecular flexibility index (Phi) is 5.18. The number of nitrogens with zero attached hydrogens (tertiary/aromatic N) is 3. The summed E-state index contributed by atoms with van der Waals surface area (Å²) in [7, 11) is 0.966. The van der Waals surface area contributed by atoms with E-state index >= 15 is 0 Å². The second-order valence-electron chi connectivity index (χ2n) is 4.68. The summed E-state index contributed by atoms with van der Waals surface area (Å²) in [6.45, 7) is 0. The van der Waals surface area contributed by atoms with E-state index in [1.165, 1.54) is 31.6 Å². The first-order chi connectivity index (χ1) is 10.7. The molecule has 2 rings (SSSR count). The lowest BCUT2D eigenvalue weighted by atomic mass is 10.4. The number of anilines is 2. The molecule has 0 amide bonds. The zero-order chi connectivity index (χ0) is 17.2. The van der Waals surface area contributed by atoms with Gasteiger partial charge in [0.25, 0.3) is 10.0 Å². The van der Waals surface area contributed by atoms with Crippen LogP contribution in [0.1, 0.15) is 0 Å². The minimum atomic E-state index is -3.92. The maximum absolute atomic E-state index is 12.4. The van der Waals surface area contributed by atoms with Crippen molar-refractivity contribution in [3.05, 3.63) is 34.6 Å². The summed E-state index contributed by atoms with van der Waals surface area (Å²) in [6.07, 6.45) is 2.52. The Morgan fingerprint density at radius 2 is 1.87 bits per heavy atom. The van der Waals surface area contributed by atoms with Gasteiger partial charge < -0.3 is 9.64 Å². The molecule has 0 spiro atoms. The molecule has 23 heavy (non-hydrogen) atoms. The normalized spacial score (nSPS) is 11.2. The predicted octanol–water partition coefficient (Wildman–Crippen LogP) is 2.66. The molecule has 0 radical (unpaired) electrons. The van der Waals surface area contributed by atoms with Crippen LogP contribution in [0.25, 0.3) is 0 Å². The Bertz CT molecular complexity index is 828. The molecule has 2 aromatic rings. The Morgan fingerprint density at radius 1 is 1.17 bits per heavy atom. The Hall–Kier alpha value is -1.77. The van der Waals surface area contributed by atoms with Gasteiger partial charge in [-0.05, 0) is 6.07 Å². The average molecular weight is 377 g/mol. The highest BCUT2D eigenvalue weighted by Crippen LogP contribution is 2.29. The first kappa shape index (κ1) is 17.6. The third kappa shape index (κ3) is 3.95. The van der Waals surface area contributed by atoms with Gasteiger partial charge >= 0.3 is 0 Å². The molecule has 2 heterocycles. The number of aromatic nitrogens is 2. The molecule has 0 saturated carbocycles. The number of ether oxygens (including phenoxy) is 1. The Balaban J connectivity index is 2.38. The number of sulfonamides is 1. The van der Waals surface area contributed by atoms with E-state index in [2.05, 4.69) is 14.7 Å². The van der Waals surface area contributed by atoms with Crippen LogP contribution >= 0.6 is 23.2 Å². The fourth-order valence-electron chi connectivity index (χ4n) is 1.73. The quantitative estimate of drug-likeness (QED) is 0.863. The molecule has 2 aromatic heterocycles. The number of halogens is 2. The van der Waals surface area contributed by atoms with Crippen LogP contribution in [0.3, 0.4) is 0 Å². The minimum Gasteiger partial charge on any atom is -0.493 e. The van der Waals surface area contributed by atoms with Crippen LogP contribution in [-0.4, -0.2) is 39.6 Å². The van der Waals surface area contributed by atoms with Gasteiger partial charge in [0.15, 0.2) is 11.6 Å². The van der Waals surface area contributed by atoms with E-state index < -0.39 is 10.0 Å². The molecule has 1 N–H and O–H groups in total. The van der Waals surface area contributed by atoms with Crippen molar-refractivity contribution in [3.63, 3.8) is 0 Å². The van der Waals surface area contributed by atoms with Crippen LogP contribution in [0.5, 0.6) is 5.75 Å². The number of hydrogen-bond donors (Lipinski definition) is 1. The molecular weight excluding hydrogens is 363 g/mol. The van der Waals surface area contributed by atoms with E-state index in [1.807, 2.05) is 0 Å². The monoisotopic (exact) mass is 376 g/mol. The third-order valence-electron chi connectivity index (χ3n) is 2.80. The molecule has 0 aliphatic carbocycles. The van der Waals surface area contributed by atoms with E-state index in [4.69, 9.17) is 27.9 Å². The summed E-state index contributed by atoms with van der Waals surface area (Å²) >= 11 is 11.9. The second-order valence-corrected chi connectivity index (χ2v) is 7.21. The van der Waals surface area contributed by atoms with Gasteiger partial charge in [-0.25, -0.2) is 18.4 Å². The fraction of sp³-hybridized carbons (Fsp3) is 0.231. The van der Waals surface area contributed by atoms with Crippen LogP contribution in [-0.2, 0) is 10.0 Å². The molecule has 7 nitrogen and oxygen atoms in total. The molecular formula is C13H14Cl2N4O3S. The predicted molar refractivity (Wildman–Crippen MR) is 90.2 cm³/mol. The summed E-state index contributed by atoms with van der Waals surface area (Å²) in [5.74, 6) is 0.683. The van der Waals surface area contributed by atoms with Crippen molar-refractivity contribution in [2.45, 2.75) is 4.90 Å². The first-order valence-corrected chi connectivity index (χ1v) is 8.53. The molecule has 0 aliphatic rings. The minimum absolute atomic E-state index is 0.0182. The molecule has 0 saturated heterocycles. The number of rotatable bonds is 5. The van der Waals surface area contributed by atoms with E-state index in [1.54, 1.807) is 19.0 Å². The van der Waals surface area contributed by atoms with Crippen molar-refractivity contribution in [2.24, 2.45) is 0 Å². The highest BCUT2D eigenvalue weighted by molar-refractivity contribution is 7.92. The average Bonchev–Trinajstić information content (AvgIpc) is 2.48. The molecule has 10 heteroatoms. The smallest absolute Gasteiger partial charge is 0.264 e. The maximum Gasteiger partial charge on any atom is 0.264 e. The van der Waals surface area contributed by atoms with Gasteiger partial charge in [-0.15, -0.1) is 0 Å². The van der Waals surface area contributed by atoms with Crippen LogP contribution in [0.2, 0.25) is 10.0 Å². The van der Waals surface area contributed by atoms with Gasteiger partial charge in [0.05, 0.1) is 17.2 Å². The lowest BCUT2D eigenvalue weighted by Crippen LogP contribution is -2.16. The lowest BCUT2D eigenvalue weighted by molar-refractivity contribution is 0.415. The molecule has 0 aliphatic heterocycles. The van der Waals surface area contributed by atoms with Crippen molar-refractivity contribution < 1.29 is 13.2 Å². The lowest BCUT2D eigenvalue weighted by Gasteiger charge is -2.14. The highest BCUT2D eigenvalue weighted by Gasteiger charge is 2.20. The summed E-state index contributed by atoms with van der Waals surface area (Å²) in [5.41, 5.74) is 0. The van der Waals surface area contributed by atoms with Crippen LogP contribution < -0.4 is 14.4 Å². The fourth-order valence-corrected chi connectivity index (χ4v) is 3.27. The van der Waals surface area contributed by atoms with Crippen LogP contribution in [0.4, 0.5) is 11.6 Å². The Labute approximate surface area is 144 Å². The molecule has 0 fully saturated rings. The van der Waals surface area contributed by atoms with Crippen molar-refractivity contribution in [1.82, 2.24) is 9.97 Å². The zero-order valence-corrected chi connectivity index (χ0v) is 14.9. The standard InChI is InChI=1S/C13H14Cl2N4O3S/c1-19(2)13-10(15)5-9(7-17-13)23(20,21)18-12-11(22-3)4-8(14)6-16-12/h4-7H,1-3H3,(H,16,18). The van der Waals surface area contributed by atoms with E-state index in [0.29, 0.717) is 10.8 Å². The maximum atomic E-state index is 12.4. The van der Waals surface area contributed by atoms with E-state index in [0.717, 1.165) is 0 Å². The van der Waals surface area contributed by atoms with Gasteiger partial charge in [-0.1, -0.05) is 23.2 Å². The molecule has 0 atom stereocenters. The van der Waals surface area contributed by atoms with Gasteiger partial charge in [0.2, 0.25) is 0 Å².